The van der Waals surface area contributed by atoms with Crippen LogP contribution in [0.4, 0.5) is 5.69 Å². The van der Waals surface area contributed by atoms with Gasteiger partial charge in [0.1, 0.15) is 11.3 Å². The lowest BCUT2D eigenvalue weighted by Crippen LogP contribution is -2.09. The maximum atomic E-state index is 6.27. The highest BCUT2D eigenvalue weighted by Gasteiger charge is 2.16. The molecule has 3 heteroatoms. The quantitative estimate of drug-likeness (QED) is 0.681. The number of hydrogen-bond donors (Lipinski definition) is 1. The summed E-state index contributed by atoms with van der Waals surface area (Å²) in [7, 11) is 0. The van der Waals surface area contributed by atoms with E-state index in [1.54, 1.807) is 0 Å². The third-order valence-corrected chi connectivity index (χ3v) is 4.54. The van der Waals surface area contributed by atoms with E-state index in [0.29, 0.717) is 0 Å². The minimum absolute atomic E-state index is 0.782. The lowest BCUT2D eigenvalue weighted by atomic mass is 9.95. The molecule has 2 aliphatic rings. The number of benzene rings is 2. The minimum atomic E-state index is 0.782. The molecule has 0 amide bonds. The highest BCUT2D eigenvalue weighted by atomic mass is 16.3. The Morgan fingerprint density at radius 1 is 1.00 bits per heavy atom. The molecule has 1 aromatic carbocycles. The summed E-state index contributed by atoms with van der Waals surface area (Å²) < 4.78 is 6.27. The molecule has 0 fully saturated rings. The van der Waals surface area contributed by atoms with Gasteiger partial charge in [-0.05, 0) is 62.9 Å². The molecule has 0 aromatic heterocycles. The van der Waals surface area contributed by atoms with E-state index in [1.165, 1.54) is 27.6 Å². The molecule has 3 nitrogen and oxygen atoms in total. The second-order valence-electron chi connectivity index (χ2n) is 6.24. The molecule has 0 saturated carbocycles. The normalized spacial score (nSPS) is 12.3. The SMILES string of the molecule is CCN=c1cc2oc3cc(NCC)c(C)cc3c(CC)c-2cc1C. The molecule has 1 N–H and O–H groups in total. The van der Waals surface area contributed by atoms with Gasteiger partial charge >= 0.3 is 0 Å². The zero-order valence-corrected chi connectivity index (χ0v) is 15.3. The molecule has 1 aliphatic heterocycles. The van der Waals surface area contributed by atoms with Crippen LogP contribution in [0, 0.1) is 13.8 Å². The Morgan fingerprint density at radius 2 is 1.79 bits per heavy atom. The van der Waals surface area contributed by atoms with Gasteiger partial charge in [0, 0.05) is 41.9 Å². The van der Waals surface area contributed by atoms with Gasteiger partial charge in [-0.15, -0.1) is 0 Å². The second-order valence-corrected chi connectivity index (χ2v) is 6.24. The Morgan fingerprint density at radius 3 is 2.46 bits per heavy atom. The van der Waals surface area contributed by atoms with E-state index in [9.17, 15) is 0 Å². The molecule has 1 aliphatic carbocycles. The van der Waals surface area contributed by atoms with Crippen molar-refractivity contribution in [3.05, 3.63) is 46.3 Å². The maximum Gasteiger partial charge on any atom is 0.137 e. The Labute approximate surface area is 143 Å². The van der Waals surface area contributed by atoms with Gasteiger partial charge in [-0.2, -0.15) is 0 Å². The topological polar surface area (TPSA) is 37.5 Å². The van der Waals surface area contributed by atoms with Crippen molar-refractivity contribution in [1.29, 1.82) is 0 Å². The summed E-state index contributed by atoms with van der Waals surface area (Å²) in [5, 5.41) is 5.65. The van der Waals surface area contributed by atoms with Gasteiger partial charge < -0.3 is 9.73 Å². The molecule has 0 atom stereocenters. The van der Waals surface area contributed by atoms with E-state index in [1.807, 2.05) is 0 Å². The van der Waals surface area contributed by atoms with E-state index < -0.39 is 0 Å². The number of rotatable bonds is 4. The molecular weight excluding hydrogens is 296 g/mol. The molecule has 0 spiro atoms. The van der Waals surface area contributed by atoms with Crippen molar-refractivity contribution >= 4 is 16.7 Å². The van der Waals surface area contributed by atoms with Gasteiger partial charge in [0.25, 0.3) is 0 Å². The monoisotopic (exact) mass is 322 g/mol. The van der Waals surface area contributed by atoms with Gasteiger partial charge in [0.15, 0.2) is 0 Å². The van der Waals surface area contributed by atoms with Crippen molar-refractivity contribution in [1.82, 2.24) is 0 Å². The van der Waals surface area contributed by atoms with Crippen LogP contribution in [0.5, 0.6) is 0 Å². The van der Waals surface area contributed by atoms with Crippen LogP contribution >= 0.6 is 0 Å². The largest absolute Gasteiger partial charge is 0.456 e. The van der Waals surface area contributed by atoms with Crippen molar-refractivity contribution < 1.29 is 4.42 Å². The van der Waals surface area contributed by atoms with Gasteiger partial charge in [0.05, 0.1) is 5.36 Å². The fourth-order valence-corrected chi connectivity index (χ4v) is 3.37. The lowest BCUT2D eigenvalue weighted by Gasteiger charge is -2.17. The van der Waals surface area contributed by atoms with Crippen LogP contribution in [0.2, 0.25) is 0 Å². The summed E-state index contributed by atoms with van der Waals surface area (Å²) in [5.41, 5.74) is 7.09. The van der Waals surface area contributed by atoms with Crippen molar-refractivity contribution in [2.75, 3.05) is 18.4 Å². The van der Waals surface area contributed by atoms with Crippen molar-refractivity contribution in [3.8, 4) is 11.3 Å². The van der Waals surface area contributed by atoms with Gasteiger partial charge in [-0.1, -0.05) is 6.92 Å². The standard InChI is InChI=1S/C21H26N2O/c1-6-15-16-9-13(4)18(22-7-2)11-20(16)24-21-12-19(23-8-3)14(5)10-17(15)21/h9-12,22H,6-8H2,1-5H3. The van der Waals surface area contributed by atoms with Crippen molar-refractivity contribution in [2.24, 2.45) is 4.99 Å². The number of hydrogen-bond acceptors (Lipinski definition) is 3. The van der Waals surface area contributed by atoms with Crippen LogP contribution in [-0.4, -0.2) is 13.1 Å². The fraction of sp³-hybridized carbons (Fsp3) is 0.381. The third kappa shape index (κ3) is 2.79. The Hall–Kier alpha value is -2.29. The van der Waals surface area contributed by atoms with E-state index in [0.717, 1.165) is 41.9 Å². The minimum Gasteiger partial charge on any atom is -0.456 e. The zero-order valence-electron chi connectivity index (χ0n) is 15.3. The molecule has 1 aromatic rings. The smallest absolute Gasteiger partial charge is 0.137 e. The average molecular weight is 322 g/mol. The Balaban J connectivity index is 2.39. The molecule has 0 saturated heterocycles. The van der Waals surface area contributed by atoms with E-state index >= 15 is 0 Å². The van der Waals surface area contributed by atoms with Crippen LogP contribution in [0.15, 0.2) is 33.7 Å². The molecule has 0 bridgehead atoms. The van der Waals surface area contributed by atoms with Crippen LogP contribution in [0.3, 0.4) is 0 Å². The molecule has 1 heterocycles. The second kappa shape index (κ2) is 6.68. The number of fused-ring (bicyclic) bond motifs is 2. The van der Waals surface area contributed by atoms with Crippen molar-refractivity contribution in [3.63, 3.8) is 0 Å². The third-order valence-electron chi connectivity index (χ3n) is 4.54. The first kappa shape index (κ1) is 16.6. The first-order chi connectivity index (χ1) is 11.6. The summed E-state index contributed by atoms with van der Waals surface area (Å²) in [6, 6.07) is 8.68. The Kier molecular flexibility index (Phi) is 4.61. The molecular formula is C21H26N2O. The summed E-state index contributed by atoms with van der Waals surface area (Å²) >= 11 is 0. The van der Waals surface area contributed by atoms with Crippen LogP contribution in [-0.2, 0) is 6.42 Å². The first-order valence-corrected chi connectivity index (χ1v) is 8.84. The zero-order chi connectivity index (χ0) is 17.3. The highest BCUT2D eigenvalue weighted by molar-refractivity contribution is 5.91. The summed E-state index contributed by atoms with van der Waals surface area (Å²) in [4.78, 5) is 4.58. The van der Waals surface area contributed by atoms with E-state index in [4.69, 9.17) is 4.42 Å². The average Bonchev–Trinajstić information content (AvgIpc) is 2.55. The van der Waals surface area contributed by atoms with Gasteiger partial charge in [0.2, 0.25) is 0 Å². The number of anilines is 1. The molecule has 0 radical (unpaired) electrons. The van der Waals surface area contributed by atoms with E-state index in [2.05, 4.69) is 69.2 Å². The summed E-state index contributed by atoms with van der Waals surface area (Å²) in [5.74, 6) is 0.920. The number of nitrogens with zero attached hydrogens (tertiary/aromatic N) is 1. The lowest BCUT2D eigenvalue weighted by molar-refractivity contribution is 0.616. The predicted octanol–water partition coefficient (Wildman–Crippen LogP) is 5.07. The maximum absolute atomic E-state index is 6.27. The van der Waals surface area contributed by atoms with Crippen LogP contribution < -0.4 is 10.7 Å². The highest BCUT2D eigenvalue weighted by Crippen LogP contribution is 2.35. The molecule has 0 unspecified atom stereocenters. The molecule has 24 heavy (non-hydrogen) atoms. The molecule has 126 valence electrons. The van der Waals surface area contributed by atoms with Crippen LogP contribution in [0.25, 0.3) is 22.3 Å². The molecule has 3 rings (SSSR count). The van der Waals surface area contributed by atoms with Gasteiger partial charge in [-0.3, -0.25) is 4.99 Å². The summed E-state index contributed by atoms with van der Waals surface area (Å²) in [6.07, 6.45) is 0.979. The first-order valence-electron chi connectivity index (χ1n) is 8.84. The van der Waals surface area contributed by atoms with Crippen LogP contribution in [0.1, 0.15) is 37.5 Å². The number of aryl methyl sites for hydroxylation is 3. The van der Waals surface area contributed by atoms with E-state index in [-0.39, 0.29) is 0 Å². The predicted molar refractivity (Wildman–Crippen MR) is 102 cm³/mol. The Bertz CT molecular complexity index is 921. The van der Waals surface area contributed by atoms with Crippen molar-refractivity contribution in [2.45, 2.75) is 41.0 Å². The number of nitrogens with one attached hydrogen (secondary N) is 1. The fourth-order valence-electron chi connectivity index (χ4n) is 3.37. The summed E-state index contributed by atoms with van der Waals surface area (Å²) in [6.45, 7) is 12.3. The van der Waals surface area contributed by atoms with Gasteiger partial charge in [-0.25, -0.2) is 0 Å².